The second-order valence-electron chi connectivity index (χ2n) is 14.3. The number of rotatable bonds is 4. The second-order valence-corrected chi connectivity index (χ2v) is 16.4. The zero-order valence-electron chi connectivity index (χ0n) is 31.4. The van der Waals surface area contributed by atoms with Gasteiger partial charge in [-0.2, -0.15) is 0 Å². The van der Waals surface area contributed by atoms with Gasteiger partial charge in [-0.1, -0.05) is 121 Å². The molecule has 4 aliphatic rings. The maximum Gasteiger partial charge on any atom is 0.180 e. The van der Waals surface area contributed by atoms with Crippen molar-refractivity contribution in [2.45, 2.75) is 12.8 Å². The Bertz CT molecular complexity index is 2550. The lowest BCUT2D eigenvalue weighted by Gasteiger charge is -2.08. The highest BCUT2D eigenvalue weighted by molar-refractivity contribution is 7.26. The molecule has 0 amide bonds. The van der Waals surface area contributed by atoms with E-state index in [2.05, 4.69) is 121 Å². The van der Waals surface area contributed by atoms with Crippen LogP contribution < -0.4 is 18.9 Å². The second kappa shape index (κ2) is 14.8. The number of fused-ring (bicyclic) bond motifs is 14. The maximum atomic E-state index is 6.72. The molecule has 0 spiro atoms. The summed E-state index contributed by atoms with van der Waals surface area (Å²) < 4.78 is 30.8. The summed E-state index contributed by atoms with van der Waals surface area (Å²) in [6.07, 6.45) is 10.1. The number of aromatic nitrogens is 2. The van der Waals surface area contributed by atoms with E-state index < -0.39 is 0 Å². The third-order valence-electron chi connectivity index (χ3n) is 10.7. The first-order valence-electron chi connectivity index (χ1n) is 19.6. The van der Waals surface area contributed by atoms with E-state index in [0.717, 1.165) is 122 Å². The van der Waals surface area contributed by atoms with Crippen molar-refractivity contribution in [2.75, 3.05) is 26.4 Å². The Morgan fingerprint density at radius 3 is 0.810 bits per heavy atom. The molecule has 4 aromatic carbocycles. The molecule has 0 saturated carbocycles. The Balaban J connectivity index is 1.41. The Morgan fingerprint density at radius 1 is 0.328 bits per heavy atom. The van der Waals surface area contributed by atoms with Crippen molar-refractivity contribution in [2.24, 2.45) is 0 Å². The van der Waals surface area contributed by atoms with Crippen LogP contribution in [0.3, 0.4) is 0 Å². The summed E-state index contributed by atoms with van der Waals surface area (Å²) in [6.45, 7) is 2.19. The summed E-state index contributed by atoms with van der Waals surface area (Å²) in [4.78, 5) is 11.1. The monoisotopic (exact) mass is 792 g/mol. The Kier molecular flexibility index (Phi) is 8.86. The lowest BCUT2D eigenvalue weighted by molar-refractivity contribution is 0.298. The van der Waals surface area contributed by atoms with E-state index in [-0.39, 0.29) is 0 Å². The molecule has 7 aromatic rings. The minimum atomic E-state index is 0.548. The van der Waals surface area contributed by atoms with Crippen molar-refractivity contribution in [1.29, 1.82) is 0 Å². The van der Waals surface area contributed by atoms with Crippen LogP contribution in [0.5, 0.6) is 23.0 Å². The van der Waals surface area contributed by atoms with Crippen molar-refractivity contribution in [3.63, 3.8) is 0 Å². The fourth-order valence-corrected chi connectivity index (χ4v) is 10.8. The third kappa shape index (κ3) is 5.99. The molecular weight excluding hydrogens is 757 g/mol. The van der Waals surface area contributed by atoms with E-state index in [1.165, 1.54) is 0 Å². The SMILES string of the molecule is C1=Cc2nc1c(-c1ccccc1)c1sc(c3c1OCCCO3)c(-c1ccccc1)c1nc(c(-c3ccccc3)c3sc(c4c3OCCCO4)c2-c2ccccc2)C=C1. The zero-order valence-corrected chi connectivity index (χ0v) is 33.1. The lowest BCUT2D eigenvalue weighted by atomic mass is 10.0. The highest BCUT2D eigenvalue weighted by Crippen LogP contribution is 2.55. The van der Waals surface area contributed by atoms with Crippen molar-refractivity contribution in [1.82, 2.24) is 9.97 Å². The van der Waals surface area contributed by atoms with Gasteiger partial charge in [0.05, 0.1) is 68.0 Å². The average molecular weight is 793 g/mol. The molecular formula is C50H36N2O4S2. The van der Waals surface area contributed by atoms with Crippen molar-refractivity contribution in [3.05, 3.63) is 144 Å². The van der Waals surface area contributed by atoms with Crippen molar-refractivity contribution >= 4 is 65.8 Å². The summed E-state index contributed by atoms with van der Waals surface area (Å²) >= 11 is 3.36. The summed E-state index contributed by atoms with van der Waals surface area (Å²) in [5.41, 5.74) is 11.5. The van der Waals surface area contributed by atoms with Gasteiger partial charge in [-0.15, -0.1) is 22.7 Å². The molecule has 0 saturated heterocycles. The number of hydrogen-bond donors (Lipinski definition) is 0. The van der Waals surface area contributed by atoms with Crippen LogP contribution in [-0.4, -0.2) is 36.4 Å². The molecule has 6 nitrogen and oxygen atoms in total. The fraction of sp³-hybridized carbons (Fsp3) is 0.120. The van der Waals surface area contributed by atoms with Crippen molar-refractivity contribution in [3.8, 4) is 67.5 Å². The zero-order chi connectivity index (χ0) is 38.4. The van der Waals surface area contributed by atoms with Gasteiger partial charge < -0.3 is 18.9 Å². The summed E-state index contributed by atoms with van der Waals surface area (Å²) in [6, 6.07) is 42.0. The smallest absolute Gasteiger partial charge is 0.180 e. The maximum absolute atomic E-state index is 6.72. The van der Waals surface area contributed by atoms with E-state index >= 15 is 0 Å². The molecule has 8 bridgehead atoms. The van der Waals surface area contributed by atoms with Gasteiger partial charge in [0.15, 0.2) is 23.0 Å². The highest BCUT2D eigenvalue weighted by atomic mass is 32.1. The van der Waals surface area contributed by atoms with E-state index in [1.54, 1.807) is 22.7 Å². The minimum Gasteiger partial charge on any atom is -0.488 e. The third-order valence-corrected chi connectivity index (χ3v) is 13.0. The van der Waals surface area contributed by atoms with E-state index in [4.69, 9.17) is 28.9 Å². The normalized spacial score (nSPS) is 14.2. The Labute approximate surface area is 344 Å². The van der Waals surface area contributed by atoms with Crippen molar-refractivity contribution < 1.29 is 18.9 Å². The molecule has 0 atom stereocenters. The quantitative estimate of drug-likeness (QED) is 0.177. The molecule has 7 heterocycles. The fourth-order valence-electron chi connectivity index (χ4n) is 8.08. The Morgan fingerprint density at radius 2 is 0.569 bits per heavy atom. The van der Waals surface area contributed by atoms with Gasteiger partial charge in [0.2, 0.25) is 0 Å². The van der Waals surface area contributed by atoms with Gasteiger partial charge in [-0.3, -0.25) is 0 Å². The standard InChI is InChI=1S/C50H36N2O4S2/c1-5-15-31(16-6-1)39-35-23-24-36(51-35)40(32-17-7-2-8-18-32)49-45-46(56-30-14-29-55-45)50(58-49)42(34-21-11-4-12-22-34)38-26-25-37(52-38)41(33-19-9-3-10-20-33)48-44-43(47(39)57-48)53-27-13-28-54-44/h1-12,15-26H,13-14,27-30H2. The van der Waals surface area contributed by atoms with Crippen LogP contribution in [0.25, 0.3) is 87.6 Å². The molecule has 0 N–H and O–H groups in total. The first-order valence-corrected chi connectivity index (χ1v) is 21.3. The molecule has 8 heteroatoms. The molecule has 0 fully saturated rings. The summed E-state index contributed by atoms with van der Waals surface area (Å²) in [5.74, 6) is 2.97. The first kappa shape index (κ1) is 34.7. The molecule has 4 aliphatic heterocycles. The number of ether oxygens (including phenoxy) is 4. The predicted molar refractivity (Wildman–Crippen MR) is 239 cm³/mol. The number of benzene rings is 4. The van der Waals surface area contributed by atoms with E-state index in [9.17, 15) is 0 Å². The van der Waals surface area contributed by atoms with Gasteiger partial charge in [-0.05, 0) is 46.6 Å². The van der Waals surface area contributed by atoms with Gasteiger partial charge in [0, 0.05) is 35.1 Å². The van der Waals surface area contributed by atoms with Crippen LogP contribution in [-0.2, 0) is 0 Å². The van der Waals surface area contributed by atoms with Crippen LogP contribution in [0.1, 0.15) is 35.6 Å². The van der Waals surface area contributed by atoms with E-state index in [0.29, 0.717) is 26.4 Å². The predicted octanol–water partition coefficient (Wildman–Crippen LogP) is 13.1. The topological polar surface area (TPSA) is 62.7 Å². The molecule has 0 unspecified atom stereocenters. The highest BCUT2D eigenvalue weighted by Gasteiger charge is 2.29. The van der Waals surface area contributed by atoms with Crippen LogP contribution in [0.4, 0.5) is 0 Å². The summed E-state index contributed by atoms with van der Waals surface area (Å²) in [7, 11) is 0. The molecule has 58 heavy (non-hydrogen) atoms. The van der Waals surface area contributed by atoms with Crippen LogP contribution in [0, 0.1) is 0 Å². The minimum absolute atomic E-state index is 0.548. The number of nitrogens with zero attached hydrogens (tertiary/aromatic N) is 2. The van der Waals surface area contributed by atoms with Gasteiger partial charge in [0.25, 0.3) is 0 Å². The summed E-state index contributed by atoms with van der Waals surface area (Å²) in [5, 5.41) is 0. The number of thiophene rings is 2. The number of hydrogen-bond acceptors (Lipinski definition) is 8. The van der Waals surface area contributed by atoms with Gasteiger partial charge in [-0.25, -0.2) is 9.97 Å². The van der Waals surface area contributed by atoms with Crippen LogP contribution >= 0.6 is 22.7 Å². The molecule has 0 aliphatic carbocycles. The van der Waals surface area contributed by atoms with Gasteiger partial charge >= 0.3 is 0 Å². The van der Waals surface area contributed by atoms with Crippen LogP contribution in [0.2, 0.25) is 0 Å². The lowest BCUT2D eigenvalue weighted by Crippen LogP contribution is -1.98. The largest absolute Gasteiger partial charge is 0.488 e. The van der Waals surface area contributed by atoms with Gasteiger partial charge in [0.1, 0.15) is 0 Å². The van der Waals surface area contributed by atoms with E-state index in [1.807, 2.05) is 24.3 Å². The average Bonchev–Trinajstić information content (AvgIpc) is 4.00. The Hall–Kier alpha value is -6.48. The molecule has 0 radical (unpaired) electrons. The molecule has 3 aromatic heterocycles. The molecule has 11 rings (SSSR count). The molecule has 282 valence electrons. The van der Waals surface area contributed by atoms with Crippen LogP contribution in [0.15, 0.2) is 121 Å². The first-order chi connectivity index (χ1) is 28.8.